The second-order valence-electron chi connectivity index (χ2n) is 5.79. The fraction of sp³-hybridized carbons (Fsp3) is 0.667. The van der Waals surface area contributed by atoms with Crippen molar-refractivity contribution in [3.05, 3.63) is 34.3 Å². The molecule has 0 radical (unpaired) electrons. The number of aliphatic hydroxyl groups is 1. The van der Waals surface area contributed by atoms with Crippen molar-refractivity contribution in [1.29, 1.82) is 0 Å². The molecule has 1 rings (SSSR count). The second kappa shape index (κ2) is 11.3. The maximum Gasteiger partial charge on any atom is 0.0462 e. The van der Waals surface area contributed by atoms with Crippen LogP contribution in [0.2, 0.25) is 0 Å². The highest BCUT2D eigenvalue weighted by Crippen LogP contribution is 2.18. The average molecular weight is 341 g/mol. The van der Waals surface area contributed by atoms with Gasteiger partial charge >= 0.3 is 0 Å². The van der Waals surface area contributed by atoms with Gasteiger partial charge < -0.3 is 5.11 Å². The summed E-state index contributed by atoms with van der Waals surface area (Å²) in [7, 11) is 0. The van der Waals surface area contributed by atoms with Gasteiger partial charge in [0.25, 0.3) is 0 Å². The van der Waals surface area contributed by atoms with E-state index in [1.54, 1.807) is 0 Å². The molecule has 0 heterocycles. The van der Waals surface area contributed by atoms with E-state index in [4.69, 9.17) is 0 Å². The van der Waals surface area contributed by atoms with Gasteiger partial charge in [-0.25, -0.2) is 0 Å². The van der Waals surface area contributed by atoms with Crippen molar-refractivity contribution in [2.75, 3.05) is 6.61 Å². The lowest BCUT2D eigenvalue weighted by atomic mass is 9.94. The summed E-state index contributed by atoms with van der Waals surface area (Å²) in [6.07, 6.45) is 11.6. The molecular weight excluding hydrogens is 312 g/mol. The van der Waals surface area contributed by atoms with Crippen LogP contribution in [0.4, 0.5) is 0 Å². The molecule has 2 heteroatoms. The molecule has 0 saturated heterocycles. The van der Waals surface area contributed by atoms with Crippen molar-refractivity contribution >= 4 is 15.9 Å². The molecule has 1 aromatic carbocycles. The molecule has 0 amide bonds. The van der Waals surface area contributed by atoms with E-state index in [2.05, 4.69) is 47.1 Å². The van der Waals surface area contributed by atoms with Gasteiger partial charge in [0.2, 0.25) is 0 Å². The van der Waals surface area contributed by atoms with Crippen LogP contribution >= 0.6 is 15.9 Å². The van der Waals surface area contributed by atoms with Crippen molar-refractivity contribution in [3.63, 3.8) is 0 Å². The predicted octanol–water partition coefficient (Wildman–Crippen LogP) is 5.74. The van der Waals surface area contributed by atoms with E-state index in [0.717, 1.165) is 17.3 Å². The highest BCUT2D eigenvalue weighted by Gasteiger charge is 2.08. The summed E-state index contributed by atoms with van der Waals surface area (Å²) < 4.78 is 1.12. The van der Waals surface area contributed by atoms with E-state index in [9.17, 15) is 5.11 Å². The summed E-state index contributed by atoms with van der Waals surface area (Å²) in [5.74, 6) is 0.423. The maximum absolute atomic E-state index is 9.51. The van der Waals surface area contributed by atoms with E-state index in [1.807, 2.05) is 0 Å². The zero-order valence-corrected chi connectivity index (χ0v) is 14.4. The van der Waals surface area contributed by atoms with Crippen molar-refractivity contribution in [1.82, 2.24) is 0 Å². The van der Waals surface area contributed by atoms with Gasteiger partial charge in [-0.15, -0.1) is 0 Å². The second-order valence-corrected chi connectivity index (χ2v) is 6.70. The molecule has 0 spiro atoms. The van der Waals surface area contributed by atoms with Gasteiger partial charge in [-0.3, -0.25) is 0 Å². The van der Waals surface area contributed by atoms with Crippen LogP contribution in [0.25, 0.3) is 0 Å². The number of rotatable bonds is 11. The van der Waals surface area contributed by atoms with Crippen LogP contribution in [0.3, 0.4) is 0 Å². The molecule has 1 nitrogen and oxygen atoms in total. The van der Waals surface area contributed by atoms with Crippen LogP contribution < -0.4 is 0 Å². The van der Waals surface area contributed by atoms with Gasteiger partial charge in [-0.2, -0.15) is 0 Å². The number of hydrogen-bond donors (Lipinski definition) is 1. The molecule has 0 aliphatic carbocycles. The summed E-state index contributed by atoms with van der Waals surface area (Å²) in [4.78, 5) is 0. The normalized spacial score (nSPS) is 12.6. The standard InChI is InChI=1S/C18H29BrO/c1-2-3-4-5-6-7-8-9-17(15-20)14-16-10-12-18(19)13-11-16/h10-13,17,20H,2-9,14-15H2,1H3. The Kier molecular flexibility index (Phi) is 10.0. The van der Waals surface area contributed by atoms with Gasteiger partial charge in [-0.1, -0.05) is 79.9 Å². The largest absolute Gasteiger partial charge is 0.396 e. The Hall–Kier alpha value is -0.340. The third kappa shape index (κ3) is 8.06. The van der Waals surface area contributed by atoms with Gasteiger partial charge in [-0.05, 0) is 36.5 Å². The topological polar surface area (TPSA) is 20.2 Å². The molecule has 114 valence electrons. The Morgan fingerprint density at radius 2 is 1.55 bits per heavy atom. The third-order valence-corrected chi connectivity index (χ3v) is 4.44. The number of aliphatic hydroxyl groups excluding tert-OH is 1. The van der Waals surface area contributed by atoms with Gasteiger partial charge in [0, 0.05) is 11.1 Å². The minimum absolute atomic E-state index is 0.311. The molecule has 0 saturated carbocycles. The quantitative estimate of drug-likeness (QED) is 0.509. The molecule has 20 heavy (non-hydrogen) atoms. The first kappa shape index (κ1) is 17.7. The summed E-state index contributed by atoms with van der Waals surface area (Å²) in [6, 6.07) is 8.46. The fourth-order valence-electron chi connectivity index (χ4n) is 2.60. The van der Waals surface area contributed by atoms with Crippen molar-refractivity contribution < 1.29 is 5.11 Å². The first-order valence-electron chi connectivity index (χ1n) is 8.11. The molecule has 0 bridgehead atoms. The minimum Gasteiger partial charge on any atom is -0.396 e. The van der Waals surface area contributed by atoms with Gasteiger partial charge in [0.05, 0.1) is 0 Å². The van der Waals surface area contributed by atoms with E-state index in [0.29, 0.717) is 12.5 Å². The van der Waals surface area contributed by atoms with E-state index in [-0.39, 0.29) is 0 Å². The van der Waals surface area contributed by atoms with Gasteiger partial charge in [0.15, 0.2) is 0 Å². The van der Waals surface area contributed by atoms with E-state index < -0.39 is 0 Å². The molecular formula is C18H29BrO. The number of benzene rings is 1. The molecule has 1 unspecified atom stereocenters. The minimum atomic E-state index is 0.311. The highest BCUT2D eigenvalue weighted by molar-refractivity contribution is 9.10. The Balaban J connectivity index is 2.14. The van der Waals surface area contributed by atoms with Crippen molar-refractivity contribution in [2.24, 2.45) is 5.92 Å². The molecule has 1 atom stereocenters. The molecule has 0 fully saturated rings. The SMILES string of the molecule is CCCCCCCCCC(CO)Cc1ccc(Br)cc1. The van der Waals surface area contributed by atoms with Gasteiger partial charge in [0.1, 0.15) is 0 Å². The van der Waals surface area contributed by atoms with Crippen LogP contribution in [0, 0.1) is 5.92 Å². The zero-order valence-electron chi connectivity index (χ0n) is 12.8. The lowest BCUT2D eigenvalue weighted by molar-refractivity contribution is 0.214. The first-order valence-corrected chi connectivity index (χ1v) is 8.90. The fourth-order valence-corrected chi connectivity index (χ4v) is 2.87. The predicted molar refractivity (Wildman–Crippen MR) is 91.0 cm³/mol. The summed E-state index contributed by atoms with van der Waals surface area (Å²) in [5, 5.41) is 9.51. The first-order chi connectivity index (χ1) is 9.76. The van der Waals surface area contributed by atoms with Crippen LogP contribution in [0.5, 0.6) is 0 Å². The molecule has 0 aliphatic rings. The summed E-state index contributed by atoms with van der Waals surface area (Å²) >= 11 is 3.46. The number of halogens is 1. The monoisotopic (exact) mass is 340 g/mol. The van der Waals surface area contributed by atoms with Crippen LogP contribution in [-0.2, 0) is 6.42 Å². The third-order valence-electron chi connectivity index (χ3n) is 3.91. The highest BCUT2D eigenvalue weighted by atomic mass is 79.9. The Labute approximate surface area is 132 Å². The Bertz CT molecular complexity index is 334. The molecule has 1 N–H and O–H groups in total. The summed E-state index contributed by atoms with van der Waals surface area (Å²) in [6.45, 7) is 2.57. The van der Waals surface area contributed by atoms with Crippen LogP contribution in [-0.4, -0.2) is 11.7 Å². The van der Waals surface area contributed by atoms with Crippen LogP contribution in [0.1, 0.15) is 63.9 Å². The molecule has 0 aliphatic heterocycles. The van der Waals surface area contributed by atoms with E-state index in [1.165, 1.54) is 50.5 Å². The lowest BCUT2D eigenvalue weighted by Gasteiger charge is -2.14. The Morgan fingerprint density at radius 3 is 2.15 bits per heavy atom. The Morgan fingerprint density at radius 1 is 0.950 bits per heavy atom. The maximum atomic E-state index is 9.51. The smallest absolute Gasteiger partial charge is 0.0462 e. The zero-order chi connectivity index (χ0) is 14.6. The van der Waals surface area contributed by atoms with Crippen LogP contribution in [0.15, 0.2) is 28.7 Å². The van der Waals surface area contributed by atoms with Crippen molar-refractivity contribution in [2.45, 2.75) is 64.7 Å². The molecule has 1 aromatic rings. The average Bonchev–Trinajstić information content (AvgIpc) is 2.47. The lowest BCUT2D eigenvalue weighted by Crippen LogP contribution is -2.09. The van der Waals surface area contributed by atoms with Crippen molar-refractivity contribution in [3.8, 4) is 0 Å². The molecule has 0 aromatic heterocycles. The van der Waals surface area contributed by atoms with E-state index >= 15 is 0 Å². The summed E-state index contributed by atoms with van der Waals surface area (Å²) in [5.41, 5.74) is 1.33. The number of unbranched alkanes of at least 4 members (excludes halogenated alkanes) is 6. The number of hydrogen-bond acceptors (Lipinski definition) is 1.